The maximum absolute atomic E-state index is 11.9. The number of halogens is 2. The molecule has 8 heteroatoms. The number of hydrogen-bond donors (Lipinski definition) is 1. The molecule has 0 saturated carbocycles. The molecule has 0 aliphatic carbocycles. The Morgan fingerprint density at radius 1 is 1.42 bits per heavy atom. The van der Waals surface area contributed by atoms with E-state index < -0.39 is 0 Å². The minimum atomic E-state index is -0.328. The lowest BCUT2D eigenvalue weighted by Crippen LogP contribution is -2.26. The van der Waals surface area contributed by atoms with E-state index in [1.165, 1.54) is 6.07 Å². The molecule has 0 saturated heterocycles. The second-order valence-electron chi connectivity index (χ2n) is 3.90. The van der Waals surface area contributed by atoms with Crippen LogP contribution >= 0.6 is 23.2 Å². The van der Waals surface area contributed by atoms with Crippen LogP contribution in [0.3, 0.4) is 0 Å². The van der Waals surface area contributed by atoms with Crippen LogP contribution < -0.4 is 5.32 Å². The summed E-state index contributed by atoms with van der Waals surface area (Å²) in [5.74, 6) is -0.328. The van der Waals surface area contributed by atoms with Gasteiger partial charge in [0, 0.05) is 19.8 Å². The Bertz CT molecular complexity index is 599. The zero-order chi connectivity index (χ0) is 13.8. The minimum Gasteiger partial charge on any atom is -0.352 e. The van der Waals surface area contributed by atoms with Gasteiger partial charge in [-0.1, -0.05) is 23.2 Å². The molecule has 0 radical (unpaired) electrons. The van der Waals surface area contributed by atoms with Crippen molar-refractivity contribution in [1.29, 1.82) is 0 Å². The number of aromatic nitrogens is 4. The highest BCUT2D eigenvalue weighted by atomic mass is 35.5. The van der Waals surface area contributed by atoms with E-state index in [0.717, 1.165) is 5.56 Å². The predicted molar refractivity (Wildman–Crippen MR) is 71.3 cm³/mol. The Labute approximate surface area is 119 Å². The van der Waals surface area contributed by atoms with Crippen LogP contribution in [0.2, 0.25) is 10.3 Å². The van der Waals surface area contributed by atoms with Gasteiger partial charge in [0.05, 0.1) is 11.8 Å². The van der Waals surface area contributed by atoms with Gasteiger partial charge in [-0.3, -0.25) is 9.48 Å². The van der Waals surface area contributed by atoms with Gasteiger partial charge in [-0.15, -0.1) is 10.2 Å². The minimum absolute atomic E-state index is 0.0308. The van der Waals surface area contributed by atoms with Crippen LogP contribution in [0.15, 0.2) is 18.5 Å². The molecule has 2 rings (SSSR count). The molecule has 0 unspecified atom stereocenters. The number of nitrogens with one attached hydrogen (secondary N) is 1. The number of aryl methyl sites for hydroxylation is 1. The third-order valence-corrected chi connectivity index (χ3v) is 2.89. The highest BCUT2D eigenvalue weighted by Crippen LogP contribution is 2.14. The Morgan fingerprint density at radius 3 is 2.89 bits per heavy atom. The van der Waals surface area contributed by atoms with Crippen LogP contribution in [-0.2, 0) is 13.5 Å². The van der Waals surface area contributed by atoms with Crippen molar-refractivity contribution in [3.05, 3.63) is 39.9 Å². The van der Waals surface area contributed by atoms with Gasteiger partial charge in [-0.2, -0.15) is 5.10 Å². The fraction of sp³-hybridized carbons (Fsp3) is 0.273. The van der Waals surface area contributed by atoms with Gasteiger partial charge in [0.25, 0.3) is 5.91 Å². The van der Waals surface area contributed by atoms with Crippen molar-refractivity contribution in [2.24, 2.45) is 7.05 Å². The number of carbonyl (C=O) groups excluding carboxylic acids is 1. The van der Waals surface area contributed by atoms with Gasteiger partial charge in [-0.05, 0) is 18.1 Å². The molecule has 0 fully saturated rings. The summed E-state index contributed by atoms with van der Waals surface area (Å²) in [6, 6.07) is 1.39. The maximum atomic E-state index is 11.9. The lowest BCUT2D eigenvalue weighted by Gasteiger charge is -2.05. The van der Waals surface area contributed by atoms with Crippen LogP contribution in [0.1, 0.15) is 15.9 Å². The van der Waals surface area contributed by atoms with Crippen molar-refractivity contribution in [3.8, 4) is 0 Å². The van der Waals surface area contributed by atoms with Crippen molar-refractivity contribution in [3.63, 3.8) is 0 Å². The number of carbonyl (C=O) groups is 1. The quantitative estimate of drug-likeness (QED) is 0.928. The molecule has 0 aromatic carbocycles. The standard InChI is InChI=1S/C11H11Cl2N5O/c1-18-6-7(5-15-18)2-3-14-11(19)8-4-9(12)16-17-10(8)13/h4-6H,2-3H2,1H3,(H,14,19). The summed E-state index contributed by atoms with van der Waals surface area (Å²) < 4.78 is 1.71. The first-order valence-electron chi connectivity index (χ1n) is 5.50. The predicted octanol–water partition coefficient (Wildman–Crippen LogP) is 1.49. The van der Waals surface area contributed by atoms with E-state index in [4.69, 9.17) is 23.2 Å². The fourth-order valence-electron chi connectivity index (χ4n) is 1.53. The van der Waals surface area contributed by atoms with E-state index in [9.17, 15) is 4.79 Å². The van der Waals surface area contributed by atoms with E-state index in [0.29, 0.717) is 13.0 Å². The highest BCUT2D eigenvalue weighted by molar-refractivity contribution is 6.34. The molecule has 0 atom stereocenters. The Morgan fingerprint density at radius 2 is 2.21 bits per heavy atom. The summed E-state index contributed by atoms with van der Waals surface area (Å²) in [4.78, 5) is 11.9. The van der Waals surface area contributed by atoms with Crippen molar-refractivity contribution in [2.45, 2.75) is 6.42 Å². The first kappa shape index (κ1) is 13.8. The molecule has 1 N–H and O–H groups in total. The zero-order valence-electron chi connectivity index (χ0n) is 10.1. The summed E-state index contributed by atoms with van der Waals surface area (Å²) in [5.41, 5.74) is 1.26. The van der Waals surface area contributed by atoms with E-state index in [2.05, 4.69) is 20.6 Å². The molecule has 2 aromatic rings. The molecule has 0 spiro atoms. The van der Waals surface area contributed by atoms with Crippen molar-refractivity contribution in [2.75, 3.05) is 6.54 Å². The van der Waals surface area contributed by atoms with Crippen LogP contribution in [0.25, 0.3) is 0 Å². The third-order valence-electron chi connectivity index (χ3n) is 2.42. The largest absolute Gasteiger partial charge is 0.352 e. The van der Waals surface area contributed by atoms with Gasteiger partial charge in [0.15, 0.2) is 10.3 Å². The van der Waals surface area contributed by atoms with E-state index >= 15 is 0 Å². The summed E-state index contributed by atoms with van der Waals surface area (Å²) >= 11 is 11.5. The Hall–Kier alpha value is -1.66. The second-order valence-corrected chi connectivity index (χ2v) is 4.64. The highest BCUT2D eigenvalue weighted by Gasteiger charge is 2.12. The molecule has 19 heavy (non-hydrogen) atoms. The van der Waals surface area contributed by atoms with E-state index in [-0.39, 0.29) is 21.8 Å². The number of rotatable bonds is 4. The SMILES string of the molecule is Cn1cc(CCNC(=O)c2cc(Cl)nnc2Cl)cn1. The third kappa shape index (κ3) is 3.65. The van der Waals surface area contributed by atoms with Gasteiger partial charge >= 0.3 is 0 Å². The van der Waals surface area contributed by atoms with Gasteiger partial charge in [0.2, 0.25) is 0 Å². The topological polar surface area (TPSA) is 72.7 Å². The first-order valence-corrected chi connectivity index (χ1v) is 6.26. The molecular weight excluding hydrogens is 289 g/mol. The first-order chi connectivity index (χ1) is 9.06. The summed E-state index contributed by atoms with van der Waals surface area (Å²) in [6.07, 6.45) is 4.33. The van der Waals surface area contributed by atoms with Gasteiger partial charge in [-0.25, -0.2) is 0 Å². The Kier molecular flexibility index (Phi) is 4.34. The van der Waals surface area contributed by atoms with Gasteiger partial charge in [0.1, 0.15) is 0 Å². The van der Waals surface area contributed by atoms with Crippen molar-refractivity contribution < 1.29 is 4.79 Å². The zero-order valence-corrected chi connectivity index (χ0v) is 11.6. The summed E-state index contributed by atoms with van der Waals surface area (Å²) in [6.45, 7) is 0.473. The van der Waals surface area contributed by atoms with Crippen LogP contribution in [-0.4, -0.2) is 32.4 Å². The molecular formula is C11H11Cl2N5O. The average Bonchev–Trinajstić information content (AvgIpc) is 2.78. The lowest BCUT2D eigenvalue weighted by atomic mass is 10.2. The fourth-order valence-corrected chi connectivity index (χ4v) is 1.85. The molecule has 1 amide bonds. The number of amides is 1. The van der Waals surface area contributed by atoms with E-state index in [1.807, 2.05) is 13.2 Å². The maximum Gasteiger partial charge on any atom is 0.254 e. The molecule has 100 valence electrons. The van der Waals surface area contributed by atoms with Crippen molar-refractivity contribution in [1.82, 2.24) is 25.3 Å². The number of hydrogen-bond acceptors (Lipinski definition) is 4. The molecule has 0 bridgehead atoms. The molecule has 6 nitrogen and oxygen atoms in total. The smallest absolute Gasteiger partial charge is 0.254 e. The Balaban J connectivity index is 1.92. The average molecular weight is 300 g/mol. The monoisotopic (exact) mass is 299 g/mol. The molecule has 0 aliphatic heterocycles. The van der Waals surface area contributed by atoms with Crippen LogP contribution in [0.4, 0.5) is 0 Å². The summed E-state index contributed by atoms with van der Waals surface area (Å²) in [5, 5.41) is 14.1. The summed E-state index contributed by atoms with van der Waals surface area (Å²) in [7, 11) is 1.84. The van der Waals surface area contributed by atoms with Gasteiger partial charge < -0.3 is 5.32 Å². The van der Waals surface area contributed by atoms with Crippen LogP contribution in [0, 0.1) is 0 Å². The van der Waals surface area contributed by atoms with Crippen LogP contribution in [0.5, 0.6) is 0 Å². The van der Waals surface area contributed by atoms with Crippen molar-refractivity contribution >= 4 is 29.1 Å². The molecule has 2 heterocycles. The normalized spacial score (nSPS) is 10.5. The second kappa shape index (κ2) is 5.99. The molecule has 0 aliphatic rings. The van der Waals surface area contributed by atoms with E-state index in [1.54, 1.807) is 10.9 Å². The molecule has 2 aromatic heterocycles. The number of nitrogens with zero attached hydrogens (tertiary/aromatic N) is 4. The lowest BCUT2D eigenvalue weighted by molar-refractivity contribution is 0.0953.